The SMILES string of the molecule is [CH2]SC1CCCc2ccccc21. The fourth-order valence-electron chi connectivity index (χ4n) is 1.88. The van der Waals surface area contributed by atoms with Gasteiger partial charge in [-0.2, -0.15) is 11.8 Å². The molecule has 2 rings (SSSR count). The molecule has 0 heterocycles. The number of thioether (sulfide) groups is 1. The van der Waals surface area contributed by atoms with Crippen molar-refractivity contribution in [3.8, 4) is 0 Å². The van der Waals surface area contributed by atoms with E-state index in [9.17, 15) is 0 Å². The van der Waals surface area contributed by atoms with Crippen LogP contribution in [0.4, 0.5) is 0 Å². The van der Waals surface area contributed by atoms with E-state index < -0.39 is 0 Å². The Morgan fingerprint density at radius 3 is 3.00 bits per heavy atom. The molecule has 0 nitrogen and oxygen atoms in total. The molecule has 0 saturated carbocycles. The minimum Gasteiger partial charge on any atom is -0.153 e. The molecular formula is C11H13S. The number of hydrogen-bond acceptors (Lipinski definition) is 1. The van der Waals surface area contributed by atoms with Crippen molar-refractivity contribution in [2.75, 3.05) is 0 Å². The van der Waals surface area contributed by atoms with Gasteiger partial charge in [-0.25, -0.2) is 0 Å². The van der Waals surface area contributed by atoms with Crippen molar-refractivity contribution < 1.29 is 0 Å². The van der Waals surface area contributed by atoms with Gasteiger partial charge in [0.2, 0.25) is 0 Å². The molecule has 1 atom stereocenters. The zero-order valence-corrected chi connectivity index (χ0v) is 7.94. The fourth-order valence-corrected chi connectivity index (χ4v) is 2.63. The lowest BCUT2D eigenvalue weighted by molar-refractivity contribution is 0.675. The molecule has 0 saturated heterocycles. The minimum atomic E-state index is 0.648. The zero-order chi connectivity index (χ0) is 8.39. The van der Waals surface area contributed by atoms with E-state index in [4.69, 9.17) is 0 Å². The molecule has 0 amide bonds. The summed E-state index contributed by atoms with van der Waals surface area (Å²) >= 11 is 1.74. The Bertz CT molecular complexity index is 267. The van der Waals surface area contributed by atoms with E-state index in [0.717, 1.165) is 0 Å². The van der Waals surface area contributed by atoms with Crippen LogP contribution in [0.15, 0.2) is 24.3 Å². The predicted octanol–water partition coefficient (Wildman–Crippen LogP) is 3.59. The molecule has 12 heavy (non-hydrogen) atoms. The van der Waals surface area contributed by atoms with Crippen LogP contribution >= 0.6 is 11.8 Å². The maximum Gasteiger partial charge on any atom is 0.0300 e. The molecule has 0 aromatic heterocycles. The maximum atomic E-state index is 3.92. The molecule has 63 valence electrons. The predicted molar refractivity (Wildman–Crippen MR) is 55.1 cm³/mol. The number of fused-ring (bicyclic) bond motifs is 1. The van der Waals surface area contributed by atoms with E-state index in [2.05, 4.69) is 30.5 Å². The summed E-state index contributed by atoms with van der Waals surface area (Å²) in [4.78, 5) is 0. The Morgan fingerprint density at radius 2 is 2.17 bits per heavy atom. The van der Waals surface area contributed by atoms with Gasteiger partial charge in [0.05, 0.1) is 0 Å². The number of aryl methyl sites for hydroxylation is 1. The third kappa shape index (κ3) is 1.38. The van der Waals surface area contributed by atoms with Gasteiger partial charge in [0.25, 0.3) is 0 Å². The molecule has 0 N–H and O–H groups in total. The highest BCUT2D eigenvalue weighted by atomic mass is 32.2. The van der Waals surface area contributed by atoms with Crippen molar-refractivity contribution in [1.29, 1.82) is 0 Å². The van der Waals surface area contributed by atoms with Crippen LogP contribution in [0.5, 0.6) is 0 Å². The van der Waals surface area contributed by atoms with Crippen LogP contribution in [0, 0.1) is 6.26 Å². The zero-order valence-electron chi connectivity index (χ0n) is 7.12. The molecule has 1 unspecified atom stereocenters. The Kier molecular flexibility index (Phi) is 2.40. The summed E-state index contributed by atoms with van der Waals surface area (Å²) in [5.41, 5.74) is 3.05. The van der Waals surface area contributed by atoms with E-state index in [0.29, 0.717) is 5.25 Å². The van der Waals surface area contributed by atoms with Crippen molar-refractivity contribution in [3.63, 3.8) is 0 Å². The smallest absolute Gasteiger partial charge is 0.0300 e. The highest BCUT2D eigenvalue weighted by Gasteiger charge is 2.17. The fraction of sp³-hybridized carbons (Fsp3) is 0.364. The van der Waals surface area contributed by atoms with E-state index in [1.54, 1.807) is 11.8 Å². The topological polar surface area (TPSA) is 0 Å². The molecule has 1 aliphatic carbocycles. The van der Waals surface area contributed by atoms with Crippen LogP contribution < -0.4 is 0 Å². The first-order chi connectivity index (χ1) is 5.92. The maximum absolute atomic E-state index is 3.92. The summed E-state index contributed by atoms with van der Waals surface area (Å²) in [6.45, 7) is 0. The van der Waals surface area contributed by atoms with E-state index in [1.807, 2.05) is 0 Å². The number of rotatable bonds is 1. The summed E-state index contributed by atoms with van der Waals surface area (Å²) in [5, 5.41) is 0.648. The van der Waals surface area contributed by atoms with E-state index >= 15 is 0 Å². The highest BCUT2D eigenvalue weighted by molar-refractivity contribution is 8.00. The second kappa shape index (κ2) is 3.53. The molecule has 0 fully saturated rings. The van der Waals surface area contributed by atoms with Crippen LogP contribution in [0.1, 0.15) is 29.2 Å². The lowest BCUT2D eigenvalue weighted by Gasteiger charge is -2.23. The lowest BCUT2D eigenvalue weighted by Crippen LogP contribution is -2.05. The normalized spacial score (nSPS) is 21.9. The second-order valence-corrected chi connectivity index (χ2v) is 4.15. The quantitative estimate of drug-likeness (QED) is 0.631. The molecule has 1 radical (unpaired) electrons. The number of benzene rings is 1. The first-order valence-electron chi connectivity index (χ1n) is 4.40. The third-order valence-electron chi connectivity index (χ3n) is 2.52. The first-order valence-corrected chi connectivity index (χ1v) is 5.45. The van der Waals surface area contributed by atoms with E-state index in [-0.39, 0.29) is 0 Å². The Balaban J connectivity index is 2.37. The summed E-state index contributed by atoms with van der Waals surface area (Å²) in [6, 6.07) is 8.76. The molecule has 1 heteroatoms. The summed E-state index contributed by atoms with van der Waals surface area (Å²) in [6.07, 6.45) is 7.80. The van der Waals surface area contributed by atoms with Crippen molar-refractivity contribution in [1.82, 2.24) is 0 Å². The first kappa shape index (κ1) is 8.18. The molecular weight excluding hydrogens is 164 g/mol. The Labute approximate surface area is 78.4 Å². The second-order valence-electron chi connectivity index (χ2n) is 3.25. The minimum absolute atomic E-state index is 0.648. The van der Waals surface area contributed by atoms with Crippen molar-refractivity contribution in [2.45, 2.75) is 24.5 Å². The van der Waals surface area contributed by atoms with Crippen molar-refractivity contribution in [2.24, 2.45) is 0 Å². The number of hydrogen-bond donors (Lipinski definition) is 0. The van der Waals surface area contributed by atoms with Crippen LogP contribution in [0.25, 0.3) is 0 Å². The van der Waals surface area contributed by atoms with Gasteiger partial charge in [-0.15, -0.1) is 0 Å². The molecule has 0 bridgehead atoms. The Hall–Kier alpha value is -0.430. The van der Waals surface area contributed by atoms with Gasteiger partial charge in [-0.3, -0.25) is 0 Å². The van der Waals surface area contributed by atoms with Crippen LogP contribution in [0.2, 0.25) is 0 Å². The monoisotopic (exact) mass is 177 g/mol. The molecule has 1 aromatic carbocycles. The molecule has 1 aliphatic rings. The van der Waals surface area contributed by atoms with Gasteiger partial charge in [-0.05, 0) is 30.4 Å². The van der Waals surface area contributed by atoms with Gasteiger partial charge in [0, 0.05) is 11.5 Å². The van der Waals surface area contributed by atoms with Gasteiger partial charge in [0.1, 0.15) is 0 Å². The lowest BCUT2D eigenvalue weighted by atomic mass is 9.91. The van der Waals surface area contributed by atoms with Crippen LogP contribution in [-0.4, -0.2) is 0 Å². The standard InChI is InChI=1S/C11H13S/c1-12-11-8-4-6-9-5-2-3-7-10(9)11/h2-3,5,7,11H,1,4,6,8H2. The average molecular weight is 177 g/mol. The van der Waals surface area contributed by atoms with Crippen LogP contribution in [0.3, 0.4) is 0 Å². The largest absolute Gasteiger partial charge is 0.153 e. The van der Waals surface area contributed by atoms with Gasteiger partial charge in [-0.1, -0.05) is 24.3 Å². The molecule has 0 aliphatic heterocycles. The van der Waals surface area contributed by atoms with Gasteiger partial charge < -0.3 is 0 Å². The van der Waals surface area contributed by atoms with Crippen molar-refractivity contribution >= 4 is 11.8 Å². The molecule has 1 aromatic rings. The highest BCUT2D eigenvalue weighted by Crippen LogP contribution is 2.38. The van der Waals surface area contributed by atoms with Crippen molar-refractivity contribution in [3.05, 3.63) is 41.6 Å². The van der Waals surface area contributed by atoms with Gasteiger partial charge in [0.15, 0.2) is 0 Å². The average Bonchev–Trinajstić information content (AvgIpc) is 2.17. The third-order valence-corrected chi connectivity index (χ3v) is 3.41. The summed E-state index contributed by atoms with van der Waals surface area (Å²) in [7, 11) is 0. The summed E-state index contributed by atoms with van der Waals surface area (Å²) in [5.74, 6) is 0. The summed E-state index contributed by atoms with van der Waals surface area (Å²) < 4.78 is 0. The molecule has 0 spiro atoms. The van der Waals surface area contributed by atoms with Crippen LogP contribution in [-0.2, 0) is 6.42 Å². The van der Waals surface area contributed by atoms with Gasteiger partial charge >= 0.3 is 0 Å². The van der Waals surface area contributed by atoms with E-state index in [1.165, 1.54) is 30.4 Å². The Morgan fingerprint density at radius 1 is 1.33 bits per heavy atom.